The molecular formula is C13H19BrS. The van der Waals surface area contributed by atoms with E-state index >= 15 is 0 Å². The van der Waals surface area contributed by atoms with E-state index in [0.29, 0.717) is 0 Å². The SMILES string of the molecule is CCCCC#CS[C@@H]1[C@H]2CC[C@H](C2)[C@H]1Br. The molecule has 2 aliphatic rings. The van der Waals surface area contributed by atoms with Crippen LogP contribution in [0, 0.1) is 23.0 Å². The van der Waals surface area contributed by atoms with Gasteiger partial charge in [0.1, 0.15) is 0 Å². The summed E-state index contributed by atoms with van der Waals surface area (Å²) < 4.78 is 0. The van der Waals surface area contributed by atoms with E-state index in [4.69, 9.17) is 0 Å². The van der Waals surface area contributed by atoms with Gasteiger partial charge in [-0.05, 0) is 42.8 Å². The molecule has 2 fully saturated rings. The summed E-state index contributed by atoms with van der Waals surface area (Å²) in [5.74, 6) is 5.18. The molecule has 0 amide bonds. The minimum absolute atomic E-state index is 0.738. The van der Waals surface area contributed by atoms with Gasteiger partial charge in [-0.2, -0.15) is 0 Å². The van der Waals surface area contributed by atoms with Crippen molar-refractivity contribution in [2.75, 3.05) is 0 Å². The van der Waals surface area contributed by atoms with Gasteiger partial charge in [-0.15, -0.1) is 0 Å². The van der Waals surface area contributed by atoms with Crippen molar-refractivity contribution < 1.29 is 0 Å². The maximum absolute atomic E-state index is 3.86. The van der Waals surface area contributed by atoms with Gasteiger partial charge in [-0.25, -0.2) is 0 Å². The largest absolute Gasteiger partial charge is 0.0913 e. The first-order valence-corrected chi connectivity index (χ1v) is 7.90. The average molecular weight is 287 g/mol. The van der Waals surface area contributed by atoms with Crippen LogP contribution in [0.2, 0.25) is 0 Å². The van der Waals surface area contributed by atoms with Gasteiger partial charge in [-0.1, -0.05) is 47.0 Å². The number of fused-ring (bicyclic) bond motifs is 2. The minimum atomic E-state index is 0.738. The fourth-order valence-corrected chi connectivity index (χ4v) is 5.10. The summed E-state index contributed by atoms with van der Waals surface area (Å²) in [5, 5.41) is 4.09. The second kappa shape index (κ2) is 5.64. The van der Waals surface area contributed by atoms with E-state index in [2.05, 4.69) is 34.0 Å². The standard InChI is InChI=1S/C13H19BrS/c1-2-3-4-5-8-15-13-11-7-6-10(9-11)12(13)14/h10-13H,2-4,6-7,9H2,1H3/t10-,11+,12-,13-/m1/s1. The van der Waals surface area contributed by atoms with E-state index in [1.54, 1.807) is 0 Å². The number of halogens is 1. The second-order valence-electron chi connectivity index (χ2n) is 4.74. The highest BCUT2D eigenvalue weighted by molar-refractivity contribution is 9.09. The van der Waals surface area contributed by atoms with Gasteiger partial charge in [-0.3, -0.25) is 0 Å². The van der Waals surface area contributed by atoms with Crippen LogP contribution in [0.25, 0.3) is 0 Å². The Morgan fingerprint density at radius 3 is 2.80 bits per heavy atom. The van der Waals surface area contributed by atoms with Crippen LogP contribution >= 0.6 is 27.7 Å². The predicted octanol–water partition coefficient (Wildman–Crippen LogP) is 4.43. The molecule has 0 unspecified atom stereocenters. The first-order chi connectivity index (χ1) is 7.33. The monoisotopic (exact) mass is 286 g/mol. The quantitative estimate of drug-likeness (QED) is 0.420. The molecule has 0 aromatic carbocycles. The van der Waals surface area contributed by atoms with E-state index in [-0.39, 0.29) is 0 Å². The van der Waals surface area contributed by atoms with Crippen LogP contribution in [0.1, 0.15) is 45.4 Å². The Balaban J connectivity index is 1.77. The zero-order valence-corrected chi connectivity index (χ0v) is 11.7. The zero-order chi connectivity index (χ0) is 10.7. The number of thioether (sulfide) groups is 1. The highest BCUT2D eigenvalue weighted by atomic mass is 79.9. The normalized spacial score (nSPS) is 37.7. The summed E-state index contributed by atoms with van der Waals surface area (Å²) in [4.78, 5) is 0.738. The minimum Gasteiger partial charge on any atom is -0.0913 e. The first-order valence-electron chi connectivity index (χ1n) is 6.10. The molecule has 2 aliphatic carbocycles. The summed E-state index contributed by atoms with van der Waals surface area (Å²) in [5.41, 5.74) is 0. The Labute approximate surface area is 106 Å². The van der Waals surface area contributed by atoms with Crippen molar-refractivity contribution >= 4 is 27.7 Å². The average Bonchev–Trinajstić information content (AvgIpc) is 2.80. The molecule has 0 radical (unpaired) electrons. The fraction of sp³-hybridized carbons (Fsp3) is 0.846. The zero-order valence-electron chi connectivity index (χ0n) is 9.34. The first kappa shape index (κ1) is 11.9. The smallest absolute Gasteiger partial charge is 0.0327 e. The molecule has 15 heavy (non-hydrogen) atoms. The lowest BCUT2D eigenvalue weighted by Crippen LogP contribution is -2.24. The summed E-state index contributed by atoms with van der Waals surface area (Å²) in [7, 11) is 0. The molecular weight excluding hydrogens is 268 g/mol. The molecule has 0 nitrogen and oxygen atoms in total. The summed E-state index contributed by atoms with van der Waals surface area (Å²) >= 11 is 5.75. The lowest BCUT2D eigenvalue weighted by Gasteiger charge is -2.24. The molecule has 0 N–H and O–H groups in total. The van der Waals surface area contributed by atoms with Crippen molar-refractivity contribution in [3.05, 3.63) is 0 Å². The number of hydrogen-bond donors (Lipinski definition) is 0. The van der Waals surface area contributed by atoms with Crippen molar-refractivity contribution in [3.63, 3.8) is 0 Å². The van der Waals surface area contributed by atoms with Crippen molar-refractivity contribution in [2.24, 2.45) is 11.8 Å². The van der Waals surface area contributed by atoms with Crippen LogP contribution in [0.3, 0.4) is 0 Å². The Bertz CT molecular complexity index is 263. The summed E-state index contributed by atoms with van der Waals surface area (Å²) in [6.45, 7) is 2.22. The van der Waals surface area contributed by atoms with E-state index in [9.17, 15) is 0 Å². The number of unbranched alkanes of at least 4 members (excludes halogenated alkanes) is 2. The number of rotatable bonds is 3. The molecule has 0 heterocycles. The van der Waals surface area contributed by atoms with Gasteiger partial charge in [0.15, 0.2) is 0 Å². The number of alkyl halides is 1. The van der Waals surface area contributed by atoms with E-state index < -0.39 is 0 Å². The molecule has 84 valence electrons. The second-order valence-corrected chi connectivity index (χ2v) is 6.78. The van der Waals surface area contributed by atoms with Crippen molar-refractivity contribution in [2.45, 2.75) is 55.5 Å². The Morgan fingerprint density at radius 1 is 1.33 bits per heavy atom. The van der Waals surface area contributed by atoms with Crippen LogP contribution in [-0.2, 0) is 0 Å². The molecule has 4 atom stereocenters. The molecule has 2 saturated carbocycles. The van der Waals surface area contributed by atoms with Crippen LogP contribution in [-0.4, -0.2) is 10.1 Å². The van der Waals surface area contributed by atoms with Gasteiger partial charge in [0.25, 0.3) is 0 Å². The highest BCUT2D eigenvalue weighted by Crippen LogP contribution is 2.52. The number of hydrogen-bond acceptors (Lipinski definition) is 1. The van der Waals surface area contributed by atoms with Crippen molar-refractivity contribution in [1.82, 2.24) is 0 Å². The molecule has 0 aliphatic heterocycles. The van der Waals surface area contributed by atoms with Crippen molar-refractivity contribution in [3.8, 4) is 11.2 Å². The summed E-state index contributed by atoms with van der Waals surface area (Å²) in [6.07, 6.45) is 7.93. The Morgan fingerprint density at radius 2 is 2.13 bits per heavy atom. The maximum Gasteiger partial charge on any atom is 0.0327 e. The van der Waals surface area contributed by atoms with Crippen molar-refractivity contribution in [1.29, 1.82) is 0 Å². The Hall–Kier alpha value is 0.390. The fourth-order valence-electron chi connectivity index (χ4n) is 2.76. The van der Waals surface area contributed by atoms with E-state index in [1.807, 2.05) is 11.8 Å². The third kappa shape index (κ3) is 2.74. The molecule has 2 bridgehead atoms. The molecule has 2 heteroatoms. The molecule has 0 aromatic heterocycles. The van der Waals surface area contributed by atoms with Gasteiger partial charge in [0.05, 0.1) is 0 Å². The van der Waals surface area contributed by atoms with E-state index in [1.165, 1.54) is 32.1 Å². The van der Waals surface area contributed by atoms with Gasteiger partial charge >= 0.3 is 0 Å². The lowest BCUT2D eigenvalue weighted by molar-refractivity contribution is 0.510. The Kier molecular flexibility index (Phi) is 4.46. The third-order valence-electron chi connectivity index (χ3n) is 3.67. The van der Waals surface area contributed by atoms with Crippen LogP contribution < -0.4 is 0 Å². The lowest BCUT2D eigenvalue weighted by atomic mass is 10.0. The van der Waals surface area contributed by atoms with Crippen LogP contribution in [0.15, 0.2) is 0 Å². The summed E-state index contributed by atoms with van der Waals surface area (Å²) in [6, 6.07) is 0. The molecule has 0 saturated heterocycles. The van der Waals surface area contributed by atoms with Crippen LogP contribution in [0.4, 0.5) is 0 Å². The topological polar surface area (TPSA) is 0 Å². The third-order valence-corrected chi connectivity index (χ3v) is 6.54. The van der Waals surface area contributed by atoms with Gasteiger partial charge in [0, 0.05) is 16.5 Å². The molecule has 0 aromatic rings. The van der Waals surface area contributed by atoms with Crippen LogP contribution in [0.5, 0.6) is 0 Å². The van der Waals surface area contributed by atoms with E-state index in [0.717, 1.165) is 28.3 Å². The molecule has 0 spiro atoms. The predicted molar refractivity (Wildman–Crippen MR) is 72.2 cm³/mol. The maximum atomic E-state index is 3.86. The van der Waals surface area contributed by atoms with Gasteiger partial charge < -0.3 is 0 Å². The van der Waals surface area contributed by atoms with Gasteiger partial charge in [0.2, 0.25) is 0 Å². The molecule has 2 rings (SSSR count). The highest BCUT2D eigenvalue weighted by Gasteiger charge is 2.46.